The Bertz CT molecular complexity index is 883. The van der Waals surface area contributed by atoms with E-state index in [0.717, 1.165) is 48.4 Å². The van der Waals surface area contributed by atoms with E-state index in [0.29, 0.717) is 24.9 Å². The molecular formula is C21H26N4O3. The fraction of sp³-hybridized carbons (Fsp3) is 0.476. The van der Waals surface area contributed by atoms with Crippen molar-refractivity contribution < 1.29 is 14.3 Å². The number of anilines is 2. The summed E-state index contributed by atoms with van der Waals surface area (Å²) >= 11 is 0. The molecule has 1 aromatic heterocycles. The van der Waals surface area contributed by atoms with Crippen molar-refractivity contribution >= 4 is 17.5 Å². The van der Waals surface area contributed by atoms with Gasteiger partial charge >= 0.3 is 0 Å². The molecule has 1 aromatic carbocycles. The number of aryl methyl sites for hydroxylation is 2. The largest absolute Gasteiger partial charge is 0.347 e. The first-order valence-electron chi connectivity index (χ1n) is 9.72. The molecule has 4 rings (SSSR count). The number of hydrogen-bond acceptors (Lipinski definition) is 6. The normalized spacial score (nSPS) is 18.5. The molecule has 1 N–H and O–H groups in total. The third kappa shape index (κ3) is 3.72. The van der Waals surface area contributed by atoms with Gasteiger partial charge in [-0.2, -0.15) is 0 Å². The van der Waals surface area contributed by atoms with Crippen molar-refractivity contribution in [1.82, 2.24) is 9.97 Å². The third-order valence-electron chi connectivity index (χ3n) is 5.55. The summed E-state index contributed by atoms with van der Waals surface area (Å²) in [7, 11) is 0. The number of carbonyl (C=O) groups excluding carboxylic acids is 1. The van der Waals surface area contributed by atoms with Gasteiger partial charge in [-0.05, 0) is 44.0 Å². The lowest BCUT2D eigenvalue weighted by atomic mass is 10.0. The molecule has 0 atom stereocenters. The second-order valence-corrected chi connectivity index (χ2v) is 7.49. The van der Waals surface area contributed by atoms with E-state index in [2.05, 4.69) is 20.2 Å². The number of ether oxygens (including phenoxy) is 2. The molecule has 3 heterocycles. The Morgan fingerprint density at radius 1 is 1.11 bits per heavy atom. The molecule has 2 fully saturated rings. The van der Waals surface area contributed by atoms with Crippen LogP contribution in [0.5, 0.6) is 0 Å². The minimum Gasteiger partial charge on any atom is -0.347 e. The summed E-state index contributed by atoms with van der Waals surface area (Å²) in [5.41, 5.74) is 4.13. The molecule has 2 aromatic rings. The minimum atomic E-state index is -0.441. The molecule has 148 valence electrons. The quantitative estimate of drug-likeness (QED) is 0.879. The fourth-order valence-corrected chi connectivity index (χ4v) is 3.72. The van der Waals surface area contributed by atoms with Crippen molar-refractivity contribution in [3.8, 4) is 0 Å². The van der Waals surface area contributed by atoms with Crippen molar-refractivity contribution in [2.45, 2.75) is 39.4 Å². The number of aromatic nitrogens is 2. The van der Waals surface area contributed by atoms with E-state index in [1.807, 2.05) is 39.0 Å². The first-order valence-corrected chi connectivity index (χ1v) is 9.72. The van der Waals surface area contributed by atoms with Gasteiger partial charge in [-0.15, -0.1) is 0 Å². The maximum Gasteiger partial charge on any atom is 0.274 e. The van der Waals surface area contributed by atoms with E-state index in [4.69, 9.17) is 9.47 Å². The number of benzene rings is 1. The number of hydrogen-bond donors (Lipinski definition) is 1. The highest BCUT2D eigenvalue weighted by Crippen LogP contribution is 2.32. The highest BCUT2D eigenvalue weighted by molar-refractivity contribution is 6.03. The molecule has 2 saturated heterocycles. The molecule has 1 spiro atoms. The second-order valence-electron chi connectivity index (χ2n) is 7.49. The van der Waals surface area contributed by atoms with E-state index in [-0.39, 0.29) is 5.91 Å². The van der Waals surface area contributed by atoms with E-state index >= 15 is 0 Å². The summed E-state index contributed by atoms with van der Waals surface area (Å²) in [5, 5.41) is 2.98. The summed E-state index contributed by atoms with van der Waals surface area (Å²) in [5.74, 6) is -0.0844. The van der Waals surface area contributed by atoms with E-state index in [9.17, 15) is 4.79 Å². The number of rotatable bonds is 3. The van der Waals surface area contributed by atoms with Crippen molar-refractivity contribution in [3.05, 3.63) is 46.8 Å². The van der Waals surface area contributed by atoms with Gasteiger partial charge in [0.2, 0.25) is 5.95 Å². The van der Waals surface area contributed by atoms with Crippen LogP contribution in [-0.2, 0) is 9.47 Å². The molecule has 0 unspecified atom stereocenters. The molecule has 28 heavy (non-hydrogen) atoms. The molecule has 0 aliphatic carbocycles. The molecule has 0 saturated carbocycles. The first-order chi connectivity index (χ1) is 13.5. The Kier molecular flexibility index (Phi) is 5.03. The Hall–Kier alpha value is -2.51. The van der Waals surface area contributed by atoms with Gasteiger partial charge in [-0.3, -0.25) is 4.79 Å². The van der Waals surface area contributed by atoms with Crippen LogP contribution in [0.2, 0.25) is 0 Å². The van der Waals surface area contributed by atoms with E-state index < -0.39 is 5.79 Å². The van der Waals surface area contributed by atoms with Crippen LogP contribution in [0.4, 0.5) is 11.6 Å². The van der Waals surface area contributed by atoms with Gasteiger partial charge in [-0.25, -0.2) is 9.97 Å². The van der Waals surface area contributed by atoms with Gasteiger partial charge in [0.1, 0.15) is 5.69 Å². The number of carbonyl (C=O) groups is 1. The van der Waals surface area contributed by atoms with Crippen LogP contribution in [0, 0.1) is 20.8 Å². The molecule has 1 amide bonds. The van der Waals surface area contributed by atoms with Crippen LogP contribution in [-0.4, -0.2) is 48.0 Å². The summed E-state index contributed by atoms with van der Waals surface area (Å²) < 4.78 is 11.6. The summed E-state index contributed by atoms with van der Waals surface area (Å²) in [6.07, 6.45) is 1.54. The number of nitrogens with one attached hydrogen (secondary N) is 1. The highest BCUT2D eigenvalue weighted by Gasteiger charge is 2.40. The average Bonchev–Trinajstić information content (AvgIpc) is 3.13. The SMILES string of the molecule is Cc1cc(C(=O)Nc2cccc(C)c2C)nc(N2CCC3(CC2)OCCO3)n1. The Balaban J connectivity index is 1.51. The molecule has 2 aliphatic rings. The topological polar surface area (TPSA) is 76.6 Å². The predicted octanol–water partition coefficient (Wildman–Crippen LogP) is 3.00. The molecule has 7 heteroatoms. The molecular weight excluding hydrogens is 356 g/mol. The Morgan fingerprint density at radius 3 is 2.54 bits per heavy atom. The fourth-order valence-electron chi connectivity index (χ4n) is 3.72. The summed E-state index contributed by atoms with van der Waals surface area (Å²) in [6.45, 7) is 8.70. The predicted molar refractivity (Wildman–Crippen MR) is 107 cm³/mol. The average molecular weight is 382 g/mol. The lowest BCUT2D eigenvalue weighted by Crippen LogP contribution is -2.45. The second kappa shape index (κ2) is 7.48. The van der Waals surface area contributed by atoms with Crippen molar-refractivity contribution in [1.29, 1.82) is 0 Å². The van der Waals surface area contributed by atoms with Crippen LogP contribution in [0.15, 0.2) is 24.3 Å². The maximum atomic E-state index is 12.8. The van der Waals surface area contributed by atoms with Crippen molar-refractivity contribution in [3.63, 3.8) is 0 Å². The zero-order chi connectivity index (χ0) is 19.7. The zero-order valence-corrected chi connectivity index (χ0v) is 16.6. The van der Waals surface area contributed by atoms with Crippen molar-refractivity contribution in [2.75, 3.05) is 36.5 Å². The highest BCUT2D eigenvalue weighted by atomic mass is 16.7. The van der Waals surface area contributed by atoms with Crippen LogP contribution >= 0.6 is 0 Å². The van der Waals surface area contributed by atoms with Gasteiger partial charge in [0.15, 0.2) is 5.79 Å². The number of nitrogens with zero attached hydrogens (tertiary/aromatic N) is 3. The van der Waals surface area contributed by atoms with Gasteiger partial charge in [-0.1, -0.05) is 12.1 Å². The van der Waals surface area contributed by atoms with E-state index in [1.54, 1.807) is 6.07 Å². The minimum absolute atomic E-state index is 0.226. The lowest BCUT2D eigenvalue weighted by Gasteiger charge is -2.37. The lowest BCUT2D eigenvalue weighted by molar-refractivity contribution is -0.169. The molecule has 2 aliphatic heterocycles. The van der Waals surface area contributed by atoms with Crippen molar-refractivity contribution in [2.24, 2.45) is 0 Å². The summed E-state index contributed by atoms with van der Waals surface area (Å²) in [6, 6.07) is 7.59. The zero-order valence-electron chi connectivity index (χ0n) is 16.6. The molecule has 0 bridgehead atoms. The smallest absolute Gasteiger partial charge is 0.274 e. The number of piperidine rings is 1. The monoisotopic (exact) mass is 382 g/mol. The number of amides is 1. The molecule has 0 radical (unpaired) electrons. The molecule has 7 nitrogen and oxygen atoms in total. The summed E-state index contributed by atoms with van der Waals surface area (Å²) in [4.78, 5) is 24.0. The van der Waals surface area contributed by atoms with Crippen LogP contribution in [0.25, 0.3) is 0 Å². The van der Waals surface area contributed by atoms with Gasteiger partial charge in [0, 0.05) is 37.3 Å². The van der Waals surface area contributed by atoms with Crippen LogP contribution in [0.1, 0.15) is 40.2 Å². The van der Waals surface area contributed by atoms with Gasteiger partial charge in [0.25, 0.3) is 5.91 Å². The third-order valence-corrected chi connectivity index (χ3v) is 5.55. The van der Waals surface area contributed by atoms with Gasteiger partial charge in [0.05, 0.1) is 13.2 Å². The first kappa shape index (κ1) is 18.8. The Morgan fingerprint density at radius 2 is 1.82 bits per heavy atom. The van der Waals surface area contributed by atoms with Crippen LogP contribution < -0.4 is 10.2 Å². The maximum absolute atomic E-state index is 12.8. The van der Waals surface area contributed by atoms with Crippen LogP contribution in [0.3, 0.4) is 0 Å². The van der Waals surface area contributed by atoms with E-state index in [1.165, 1.54) is 0 Å². The Labute approximate surface area is 165 Å². The van der Waals surface area contributed by atoms with Gasteiger partial charge < -0.3 is 19.7 Å². The standard InChI is InChI=1S/C21H26N4O3/c1-14-5-4-6-17(16(14)3)23-19(26)18-13-15(2)22-20(24-18)25-9-7-21(8-10-25)27-11-12-28-21/h4-6,13H,7-12H2,1-3H3,(H,23,26).